The van der Waals surface area contributed by atoms with Crippen LogP contribution >= 0.6 is 27.5 Å². The van der Waals surface area contributed by atoms with Crippen molar-refractivity contribution in [2.45, 2.75) is 83.5 Å². The van der Waals surface area contributed by atoms with Gasteiger partial charge in [0, 0.05) is 60.2 Å². The van der Waals surface area contributed by atoms with E-state index in [1.807, 2.05) is 79.0 Å². The van der Waals surface area contributed by atoms with Gasteiger partial charge >= 0.3 is 6.09 Å². The van der Waals surface area contributed by atoms with Crippen molar-refractivity contribution in [3.8, 4) is 0 Å². The van der Waals surface area contributed by atoms with E-state index in [-0.39, 0.29) is 17.7 Å². The molecule has 0 N–H and O–H groups in total. The number of carbonyl (C=O) groups is 2. The summed E-state index contributed by atoms with van der Waals surface area (Å²) in [5, 5.41) is 0.715. The minimum Gasteiger partial charge on any atom is -0.444 e. The summed E-state index contributed by atoms with van der Waals surface area (Å²) in [6.07, 6.45) is 10.6. The number of piperidine rings is 1. The maximum absolute atomic E-state index is 14.9. The number of aromatic nitrogens is 3. The van der Waals surface area contributed by atoms with E-state index >= 15 is 0 Å². The summed E-state index contributed by atoms with van der Waals surface area (Å²) in [6.45, 7) is 7.73. The predicted octanol–water partition coefficient (Wildman–Crippen LogP) is 8.06. The van der Waals surface area contributed by atoms with E-state index in [0.29, 0.717) is 37.5 Å². The zero-order chi connectivity index (χ0) is 33.8. The average Bonchev–Trinajstić information content (AvgIpc) is 3.52. The Morgan fingerprint density at radius 3 is 2.62 bits per heavy atom. The minimum atomic E-state index is -0.689. The topological polar surface area (TPSA) is 80.6 Å². The highest BCUT2D eigenvalue weighted by Gasteiger charge is 2.44. The molecule has 0 bridgehead atoms. The highest BCUT2D eigenvalue weighted by molar-refractivity contribution is 9.10. The molecule has 2 aromatic heterocycles. The number of carbonyl (C=O) groups excluding carboxylic acids is 2. The highest BCUT2D eigenvalue weighted by Crippen LogP contribution is 2.45. The second kappa shape index (κ2) is 14.8. The van der Waals surface area contributed by atoms with E-state index < -0.39 is 17.7 Å². The van der Waals surface area contributed by atoms with Crippen molar-refractivity contribution in [1.29, 1.82) is 0 Å². The third kappa shape index (κ3) is 8.12. The van der Waals surface area contributed by atoms with Crippen molar-refractivity contribution >= 4 is 39.5 Å². The Morgan fingerprint density at radius 1 is 1.08 bits per heavy atom. The van der Waals surface area contributed by atoms with E-state index in [0.717, 1.165) is 41.5 Å². The zero-order valence-corrected chi connectivity index (χ0v) is 30.2. The van der Waals surface area contributed by atoms with Gasteiger partial charge in [0.1, 0.15) is 11.6 Å². The number of rotatable bonds is 8. The van der Waals surface area contributed by atoms with Crippen LogP contribution in [-0.4, -0.2) is 61.1 Å². The Labute approximate surface area is 296 Å². The third-order valence-corrected chi connectivity index (χ3v) is 9.99. The van der Waals surface area contributed by atoms with Gasteiger partial charge in [0.05, 0.1) is 12.0 Å². The van der Waals surface area contributed by atoms with Crippen LogP contribution in [0.5, 0.6) is 0 Å². The van der Waals surface area contributed by atoms with Crippen molar-refractivity contribution in [2.75, 3.05) is 13.1 Å². The fraction of sp³-hybridized carbons (Fsp3) is 0.421. The van der Waals surface area contributed by atoms with Crippen molar-refractivity contribution in [2.24, 2.45) is 5.92 Å². The first kappa shape index (κ1) is 34.2. The standard InChI is InChI=1S/C38H43BrClN5O3/c1-38(2,3)48-37(47)45-18-14-28(34-32-13-12-31(40)21-27(32)10-11-29-20-30(39)23-42-35(29)34)22-33(45)36(46)44(24-26-8-5-4-6-9-26)17-7-16-43-19-15-41-25-43/h4-6,8-9,12-13,15,19-21,23,25,28,33-34H,7,10-11,14,16-18,22,24H2,1-3H3/t28?,33?,34-/m0/s1. The molecule has 4 aromatic rings. The second-order valence-electron chi connectivity index (χ2n) is 13.9. The first-order chi connectivity index (χ1) is 23.1. The fourth-order valence-electron chi connectivity index (χ4n) is 7.17. The molecule has 0 spiro atoms. The molecule has 6 rings (SSSR count). The molecule has 8 nitrogen and oxygen atoms in total. The molecule has 48 heavy (non-hydrogen) atoms. The van der Waals surface area contributed by atoms with Gasteiger partial charge in [-0.2, -0.15) is 0 Å². The number of amides is 2. The number of hydrogen-bond acceptors (Lipinski definition) is 5. The summed E-state index contributed by atoms with van der Waals surface area (Å²) >= 11 is 10.1. The van der Waals surface area contributed by atoms with Gasteiger partial charge in [-0.15, -0.1) is 0 Å². The average molecular weight is 733 g/mol. The number of hydrogen-bond donors (Lipinski definition) is 0. The molecule has 2 aromatic carbocycles. The van der Waals surface area contributed by atoms with Crippen molar-refractivity contribution in [3.63, 3.8) is 0 Å². The molecule has 1 fully saturated rings. The smallest absolute Gasteiger partial charge is 0.410 e. The Hall–Kier alpha value is -3.69. The number of nitrogens with zero attached hydrogens (tertiary/aromatic N) is 5. The summed E-state index contributed by atoms with van der Waals surface area (Å²) in [4.78, 5) is 41.4. The Morgan fingerprint density at radius 2 is 1.88 bits per heavy atom. The predicted molar refractivity (Wildman–Crippen MR) is 191 cm³/mol. The number of imidazole rings is 1. The fourth-order valence-corrected chi connectivity index (χ4v) is 7.75. The Bertz CT molecular complexity index is 1670. The van der Waals surface area contributed by atoms with Crippen LogP contribution in [0.15, 0.2) is 84.0 Å². The highest BCUT2D eigenvalue weighted by atomic mass is 79.9. The molecular formula is C38H43BrClN5O3. The van der Waals surface area contributed by atoms with Crippen LogP contribution in [0.3, 0.4) is 0 Å². The molecule has 2 unspecified atom stereocenters. The molecule has 10 heteroatoms. The minimum absolute atomic E-state index is 0.0391. The third-order valence-electron chi connectivity index (χ3n) is 9.33. The number of benzene rings is 2. The number of aryl methyl sites for hydroxylation is 3. The van der Waals surface area contributed by atoms with Gasteiger partial charge in [0.15, 0.2) is 0 Å². The molecule has 3 atom stereocenters. The summed E-state index contributed by atoms with van der Waals surface area (Å²) < 4.78 is 8.87. The SMILES string of the molecule is CC(C)(C)OC(=O)N1CCC([C@H]2c3ccc(Cl)cc3CCc3cc(Br)cnc32)CC1C(=O)N(CCCn1ccnc1)Cc1ccccc1. The van der Waals surface area contributed by atoms with Gasteiger partial charge in [-0.1, -0.05) is 48.0 Å². The number of pyridine rings is 1. The van der Waals surface area contributed by atoms with Crippen LogP contribution in [-0.2, 0) is 35.5 Å². The van der Waals surface area contributed by atoms with Crippen LogP contribution < -0.4 is 0 Å². The summed E-state index contributed by atoms with van der Waals surface area (Å²) in [7, 11) is 0. The summed E-state index contributed by atoms with van der Waals surface area (Å²) in [6, 6.07) is 17.7. The molecule has 0 radical (unpaired) electrons. The molecule has 2 aliphatic rings. The molecular weight excluding hydrogens is 690 g/mol. The van der Waals surface area contributed by atoms with Crippen LogP contribution in [0.25, 0.3) is 0 Å². The lowest BCUT2D eigenvalue weighted by Crippen LogP contribution is -2.56. The van der Waals surface area contributed by atoms with Crippen LogP contribution in [0.4, 0.5) is 4.79 Å². The molecule has 1 saturated heterocycles. The van der Waals surface area contributed by atoms with Crippen molar-refractivity contribution in [1.82, 2.24) is 24.3 Å². The van der Waals surface area contributed by atoms with E-state index in [1.54, 1.807) is 17.4 Å². The van der Waals surface area contributed by atoms with Gasteiger partial charge in [-0.05, 0) is 115 Å². The first-order valence-electron chi connectivity index (χ1n) is 16.8. The largest absolute Gasteiger partial charge is 0.444 e. The quantitative estimate of drug-likeness (QED) is 0.183. The van der Waals surface area contributed by atoms with E-state index in [4.69, 9.17) is 21.3 Å². The first-order valence-corrected chi connectivity index (χ1v) is 17.9. The van der Waals surface area contributed by atoms with Gasteiger partial charge in [0.25, 0.3) is 0 Å². The molecule has 1 aliphatic carbocycles. The summed E-state index contributed by atoms with van der Waals surface area (Å²) in [5.41, 5.74) is 5.02. The Kier molecular flexibility index (Phi) is 10.6. The van der Waals surface area contributed by atoms with Gasteiger partial charge in [0.2, 0.25) is 5.91 Å². The van der Waals surface area contributed by atoms with Gasteiger partial charge < -0.3 is 14.2 Å². The molecule has 2 amide bonds. The van der Waals surface area contributed by atoms with Gasteiger partial charge in [-0.25, -0.2) is 9.78 Å². The van der Waals surface area contributed by atoms with E-state index in [9.17, 15) is 9.59 Å². The van der Waals surface area contributed by atoms with E-state index in [1.165, 1.54) is 16.7 Å². The van der Waals surface area contributed by atoms with Crippen molar-refractivity contribution < 1.29 is 14.3 Å². The molecule has 3 heterocycles. The zero-order valence-electron chi connectivity index (χ0n) is 27.8. The number of likely N-dealkylation sites (tertiary alicyclic amines) is 1. The molecule has 0 saturated carbocycles. The van der Waals surface area contributed by atoms with Crippen LogP contribution in [0.1, 0.15) is 73.9 Å². The summed E-state index contributed by atoms with van der Waals surface area (Å²) in [5.74, 6) is -0.0376. The lowest BCUT2D eigenvalue weighted by atomic mass is 9.74. The van der Waals surface area contributed by atoms with E-state index in [2.05, 4.69) is 39.1 Å². The Balaban J connectivity index is 1.36. The van der Waals surface area contributed by atoms with Gasteiger partial charge in [-0.3, -0.25) is 14.7 Å². The monoisotopic (exact) mass is 731 g/mol. The number of ether oxygens (including phenoxy) is 1. The second-order valence-corrected chi connectivity index (χ2v) is 15.2. The lowest BCUT2D eigenvalue weighted by molar-refractivity contribution is -0.139. The van der Waals surface area contributed by atoms with Crippen LogP contribution in [0.2, 0.25) is 5.02 Å². The van der Waals surface area contributed by atoms with Crippen molar-refractivity contribution in [3.05, 3.63) is 117 Å². The lowest BCUT2D eigenvalue weighted by Gasteiger charge is -2.43. The van der Waals surface area contributed by atoms with Crippen LogP contribution in [0, 0.1) is 5.92 Å². The maximum atomic E-state index is 14.9. The normalized spacial score (nSPS) is 19.2. The maximum Gasteiger partial charge on any atom is 0.410 e. The number of halogens is 2. The molecule has 252 valence electrons. The molecule has 1 aliphatic heterocycles. The number of fused-ring (bicyclic) bond motifs is 2.